The molecule has 0 amide bonds. The van der Waals surface area contributed by atoms with Gasteiger partial charge in [0.15, 0.2) is 0 Å². The molecular formula is C12H14BrNOS. The highest BCUT2D eigenvalue weighted by Crippen LogP contribution is 2.28. The van der Waals surface area contributed by atoms with E-state index < -0.39 is 0 Å². The van der Waals surface area contributed by atoms with E-state index in [0.29, 0.717) is 0 Å². The Bertz CT molecular complexity index is 394. The fourth-order valence-electron chi connectivity index (χ4n) is 1.52. The van der Waals surface area contributed by atoms with Crippen molar-refractivity contribution >= 4 is 27.7 Å². The maximum atomic E-state index is 6.05. The van der Waals surface area contributed by atoms with Crippen molar-refractivity contribution in [1.29, 1.82) is 0 Å². The van der Waals surface area contributed by atoms with Gasteiger partial charge in [-0.25, -0.2) is 0 Å². The maximum Gasteiger partial charge on any atom is 0.110 e. The van der Waals surface area contributed by atoms with Gasteiger partial charge in [0.25, 0.3) is 0 Å². The van der Waals surface area contributed by atoms with Gasteiger partial charge in [0.05, 0.1) is 12.6 Å². The van der Waals surface area contributed by atoms with Crippen LogP contribution in [0, 0.1) is 0 Å². The van der Waals surface area contributed by atoms with Crippen LogP contribution >= 0.6 is 27.7 Å². The number of ether oxygens (including phenoxy) is 1. The molecule has 1 aliphatic heterocycles. The lowest BCUT2D eigenvalue weighted by Crippen LogP contribution is -2.25. The summed E-state index contributed by atoms with van der Waals surface area (Å²) in [7, 11) is 0. The number of halogens is 1. The van der Waals surface area contributed by atoms with E-state index in [9.17, 15) is 0 Å². The van der Waals surface area contributed by atoms with Gasteiger partial charge in [-0.2, -0.15) is 0 Å². The number of rotatable bonds is 4. The van der Waals surface area contributed by atoms with Crippen molar-refractivity contribution in [3.8, 4) is 0 Å². The molecule has 0 spiro atoms. The summed E-state index contributed by atoms with van der Waals surface area (Å²) in [6.07, 6.45) is 3.08. The van der Waals surface area contributed by atoms with Crippen molar-refractivity contribution in [3.63, 3.8) is 0 Å². The van der Waals surface area contributed by atoms with Crippen LogP contribution in [0.2, 0.25) is 0 Å². The molecule has 86 valence electrons. The Kier molecular flexibility index (Phi) is 4.32. The lowest BCUT2D eigenvalue weighted by atomic mass is 10.3. The first kappa shape index (κ1) is 12.0. The highest BCUT2D eigenvalue weighted by atomic mass is 79.9. The van der Waals surface area contributed by atoms with Crippen LogP contribution in [0.4, 0.5) is 0 Å². The molecule has 0 saturated heterocycles. The predicted molar refractivity (Wildman–Crippen MR) is 71.5 cm³/mol. The monoisotopic (exact) mass is 299 g/mol. The number of nitrogens with two attached hydrogens (primary N) is 1. The Morgan fingerprint density at radius 3 is 2.94 bits per heavy atom. The van der Waals surface area contributed by atoms with Crippen LogP contribution < -0.4 is 5.73 Å². The Balaban J connectivity index is 1.90. The largest absolute Gasteiger partial charge is 0.496 e. The molecule has 2 nitrogen and oxygen atoms in total. The third-order valence-electron chi connectivity index (χ3n) is 2.35. The second kappa shape index (κ2) is 5.75. The fraction of sp³-hybridized carbons (Fsp3) is 0.333. The molecule has 1 atom stereocenters. The normalized spacial score (nSPS) is 16.8. The number of thioether (sulfide) groups is 1. The van der Waals surface area contributed by atoms with E-state index in [2.05, 4.69) is 28.1 Å². The number of benzene rings is 1. The van der Waals surface area contributed by atoms with E-state index in [4.69, 9.17) is 10.5 Å². The van der Waals surface area contributed by atoms with Crippen molar-refractivity contribution < 1.29 is 4.74 Å². The van der Waals surface area contributed by atoms with Crippen LogP contribution in [0.5, 0.6) is 0 Å². The summed E-state index contributed by atoms with van der Waals surface area (Å²) >= 11 is 5.27. The predicted octanol–water partition coefficient (Wildman–Crippen LogP) is 3.17. The molecule has 0 saturated carbocycles. The Morgan fingerprint density at radius 2 is 2.25 bits per heavy atom. The average Bonchev–Trinajstić information content (AvgIpc) is 2.81. The minimum absolute atomic E-state index is 0.000365. The molecule has 0 aromatic heterocycles. The summed E-state index contributed by atoms with van der Waals surface area (Å²) in [5.74, 6) is 1.79. The van der Waals surface area contributed by atoms with Gasteiger partial charge in [-0.1, -0.05) is 12.1 Å². The first-order valence-electron chi connectivity index (χ1n) is 5.23. The van der Waals surface area contributed by atoms with Crippen molar-refractivity contribution in [2.24, 2.45) is 5.73 Å². The van der Waals surface area contributed by atoms with Crippen LogP contribution in [0.1, 0.15) is 6.42 Å². The van der Waals surface area contributed by atoms with Crippen LogP contribution in [0.15, 0.2) is 45.5 Å². The van der Waals surface area contributed by atoms with Gasteiger partial charge in [-0.15, -0.1) is 11.8 Å². The van der Waals surface area contributed by atoms with E-state index in [1.165, 1.54) is 4.90 Å². The molecule has 1 aromatic carbocycles. The van der Waals surface area contributed by atoms with Gasteiger partial charge in [-0.05, 0) is 34.1 Å². The van der Waals surface area contributed by atoms with Crippen LogP contribution in [0.3, 0.4) is 0 Å². The first-order valence-corrected chi connectivity index (χ1v) is 7.01. The van der Waals surface area contributed by atoms with Crippen molar-refractivity contribution in [1.82, 2.24) is 0 Å². The van der Waals surface area contributed by atoms with Gasteiger partial charge in [0.2, 0.25) is 0 Å². The molecule has 0 fully saturated rings. The highest BCUT2D eigenvalue weighted by molar-refractivity contribution is 9.10. The Morgan fingerprint density at radius 1 is 1.44 bits per heavy atom. The summed E-state index contributed by atoms with van der Waals surface area (Å²) in [5.41, 5.74) is 6.05. The molecular weight excluding hydrogens is 286 g/mol. The number of hydrogen-bond donors (Lipinski definition) is 1. The van der Waals surface area contributed by atoms with E-state index in [0.717, 1.165) is 29.0 Å². The molecule has 1 heterocycles. The highest BCUT2D eigenvalue weighted by Gasteiger charge is 2.15. The van der Waals surface area contributed by atoms with Gasteiger partial charge >= 0.3 is 0 Å². The lowest BCUT2D eigenvalue weighted by Gasteiger charge is -2.13. The van der Waals surface area contributed by atoms with Crippen molar-refractivity contribution in [3.05, 3.63) is 40.6 Å². The van der Waals surface area contributed by atoms with Crippen LogP contribution in [0.25, 0.3) is 0 Å². The zero-order valence-corrected chi connectivity index (χ0v) is 11.3. The topological polar surface area (TPSA) is 35.2 Å². The molecule has 2 N–H and O–H groups in total. The van der Waals surface area contributed by atoms with Crippen molar-refractivity contribution in [2.45, 2.75) is 17.4 Å². The zero-order valence-electron chi connectivity index (χ0n) is 8.86. The Hall–Kier alpha value is -0.450. The Labute approximate surface area is 108 Å². The standard InChI is InChI=1S/C12H14BrNOS/c13-9-4-1-2-6-12(9)16-8-10(14)11-5-3-7-15-11/h1-2,4-6,10H,3,7-8,14H2. The molecule has 4 heteroatoms. The third-order valence-corrected chi connectivity index (χ3v) is 4.50. The third kappa shape index (κ3) is 3.03. The summed E-state index contributed by atoms with van der Waals surface area (Å²) in [6, 6.07) is 8.17. The van der Waals surface area contributed by atoms with Gasteiger partial charge in [0.1, 0.15) is 5.76 Å². The summed E-state index contributed by atoms with van der Waals surface area (Å²) < 4.78 is 6.56. The van der Waals surface area contributed by atoms with Crippen molar-refractivity contribution in [2.75, 3.05) is 12.4 Å². The molecule has 0 bridgehead atoms. The van der Waals surface area contributed by atoms with Gasteiger partial charge in [-0.3, -0.25) is 0 Å². The quantitative estimate of drug-likeness (QED) is 0.868. The summed E-state index contributed by atoms with van der Waals surface area (Å²) in [5, 5.41) is 0. The number of hydrogen-bond acceptors (Lipinski definition) is 3. The SMILES string of the molecule is NC(CSc1ccccc1Br)C1=CCCO1. The molecule has 16 heavy (non-hydrogen) atoms. The molecule has 1 aromatic rings. The zero-order chi connectivity index (χ0) is 11.4. The van der Waals surface area contributed by atoms with Gasteiger partial charge in [0, 0.05) is 21.5 Å². The van der Waals surface area contributed by atoms with Gasteiger partial charge < -0.3 is 10.5 Å². The van der Waals surface area contributed by atoms with Crippen LogP contribution in [-0.2, 0) is 4.74 Å². The average molecular weight is 300 g/mol. The summed E-state index contributed by atoms with van der Waals surface area (Å²) in [4.78, 5) is 1.22. The molecule has 0 aliphatic carbocycles. The van der Waals surface area contributed by atoms with E-state index >= 15 is 0 Å². The molecule has 2 rings (SSSR count). The van der Waals surface area contributed by atoms with E-state index in [1.54, 1.807) is 11.8 Å². The first-order chi connectivity index (χ1) is 7.77. The smallest absolute Gasteiger partial charge is 0.110 e. The minimum Gasteiger partial charge on any atom is -0.496 e. The summed E-state index contributed by atoms with van der Waals surface area (Å²) in [6.45, 7) is 0.780. The second-order valence-electron chi connectivity index (χ2n) is 3.59. The van der Waals surface area contributed by atoms with E-state index in [1.807, 2.05) is 18.2 Å². The molecule has 1 aliphatic rings. The van der Waals surface area contributed by atoms with Crippen LogP contribution in [-0.4, -0.2) is 18.4 Å². The molecule has 1 unspecified atom stereocenters. The maximum absolute atomic E-state index is 6.05. The second-order valence-corrected chi connectivity index (χ2v) is 5.51. The lowest BCUT2D eigenvalue weighted by molar-refractivity contribution is 0.228. The molecule has 0 radical (unpaired) electrons. The fourth-order valence-corrected chi connectivity index (χ4v) is 3.05. The van der Waals surface area contributed by atoms with E-state index in [-0.39, 0.29) is 6.04 Å². The minimum atomic E-state index is -0.000365.